The van der Waals surface area contributed by atoms with Crippen LogP contribution in [-0.2, 0) is 18.8 Å². The summed E-state index contributed by atoms with van der Waals surface area (Å²) < 4.78 is 8.88. The largest absolute Gasteiger partial charge is 0.467 e. The Morgan fingerprint density at radius 3 is 2.26 bits per heavy atom. The highest BCUT2D eigenvalue weighted by atomic mass is 35.5. The van der Waals surface area contributed by atoms with Gasteiger partial charge in [0.1, 0.15) is 0 Å². The van der Waals surface area contributed by atoms with E-state index in [4.69, 9.17) is 32.4 Å². The van der Waals surface area contributed by atoms with Crippen LogP contribution in [0.5, 0.6) is 0 Å². The standard InChI is InChI=1S/C12H20Cl2O4Si/c1-6-7-8-9(15)12(13,14)11(8,10(16)17-2)18-19(3,4)5/h8H,6-7H2,1-5H3. The Kier molecular flexibility index (Phi) is 4.77. The van der Waals surface area contributed by atoms with Crippen LogP contribution in [-0.4, -0.2) is 37.1 Å². The molecule has 0 bridgehead atoms. The molecule has 2 unspecified atom stereocenters. The Hall–Kier alpha value is -0.103. The van der Waals surface area contributed by atoms with E-state index in [-0.39, 0.29) is 5.78 Å². The van der Waals surface area contributed by atoms with E-state index >= 15 is 0 Å². The average Bonchev–Trinajstić information content (AvgIpc) is 2.30. The Balaban J connectivity index is 3.27. The molecule has 1 saturated carbocycles. The molecule has 110 valence electrons. The SMILES string of the molecule is CCCC1C(=O)C(Cl)(Cl)C1(O[Si](C)(C)C)C(=O)OC. The molecule has 0 aromatic rings. The number of carbonyl (C=O) groups excluding carboxylic acids is 2. The lowest BCUT2D eigenvalue weighted by molar-refractivity contribution is -0.186. The van der Waals surface area contributed by atoms with Crippen molar-refractivity contribution in [2.24, 2.45) is 5.92 Å². The van der Waals surface area contributed by atoms with Gasteiger partial charge >= 0.3 is 5.97 Å². The summed E-state index contributed by atoms with van der Waals surface area (Å²) >= 11 is 12.2. The van der Waals surface area contributed by atoms with Crippen molar-refractivity contribution in [3.8, 4) is 0 Å². The molecule has 7 heteroatoms. The van der Waals surface area contributed by atoms with Crippen LogP contribution in [0.4, 0.5) is 0 Å². The number of hydrogen-bond donors (Lipinski definition) is 0. The van der Waals surface area contributed by atoms with Crippen molar-refractivity contribution in [2.45, 2.75) is 49.3 Å². The predicted molar refractivity (Wildman–Crippen MR) is 77.0 cm³/mol. The Morgan fingerprint density at radius 2 is 1.89 bits per heavy atom. The molecule has 1 rings (SSSR count). The smallest absolute Gasteiger partial charge is 0.341 e. The van der Waals surface area contributed by atoms with Crippen molar-refractivity contribution >= 4 is 43.3 Å². The van der Waals surface area contributed by atoms with Gasteiger partial charge in [0.25, 0.3) is 0 Å². The maximum absolute atomic E-state index is 12.2. The van der Waals surface area contributed by atoms with E-state index in [1.165, 1.54) is 7.11 Å². The lowest BCUT2D eigenvalue weighted by Gasteiger charge is -2.55. The first kappa shape index (κ1) is 16.9. The van der Waals surface area contributed by atoms with E-state index in [2.05, 4.69) is 0 Å². The first-order valence-electron chi connectivity index (χ1n) is 6.25. The number of Topliss-reactive ketones (excluding diaryl/α,β-unsaturated/α-hetero) is 1. The number of halogens is 2. The van der Waals surface area contributed by atoms with Gasteiger partial charge in [-0.1, -0.05) is 36.5 Å². The van der Waals surface area contributed by atoms with Crippen LogP contribution < -0.4 is 0 Å². The molecule has 0 aromatic carbocycles. The molecule has 1 fully saturated rings. The zero-order valence-corrected chi connectivity index (χ0v) is 14.4. The molecular weight excluding hydrogens is 307 g/mol. The number of methoxy groups -OCH3 is 1. The molecule has 0 aliphatic heterocycles. The lowest BCUT2D eigenvalue weighted by atomic mass is 9.65. The zero-order chi connectivity index (χ0) is 15.1. The minimum Gasteiger partial charge on any atom is -0.467 e. The molecule has 0 radical (unpaired) electrons. The summed E-state index contributed by atoms with van der Waals surface area (Å²) in [6, 6.07) is 0. The highest BCUT2D eigenvalue weighted by Crippen LogP contribution is 2.57. The molecule has 4 nitrogen and oxygen atoms in total. The van der Waals surface area contributed by atoms with Crippen molar-refractivity contribution in [2.75, 3.05) is 7.11 Å². The van der Waals surface area contributed by atoms with Crippen LogP contribution in [0.25, 0.3) is 0 Å². The molecule has 0 N–H and O–H groups in total. The monoisotopic (exact) mass is 326 g/mol. The van der Waals surface area contributed by atoms with Crippen molar-refractivity contribution < 1.29 is 18.8 Å². The van der Waals surface area contributed by atoms with Gasteiger partial charge in [0.15, 0.2) is 14.1 Å². The Bertz CT molecular complexity index is 392. The first-order chi connectivity index (χ1) is 8.54. The van der Waals surface area contributed by atoms with Crippen LogP contribution in [0.1, 0.15) is 19.8 Å². The van der Waals surface area contributed by atoms with Crippen molar-refractivity contribution in [3.63, 3.8) is 0 Å². The van der Waals surface area contributed by atoms with Crippen LogP contribution in [0.3, 0.4) is 0 Å². The Morgan fingerprint density at radius 1 is 1.37 bits per heavy atom. The number of ketones is 1. The third kappa shape index (κ3) is 2.58. The van der Waals surface area contributed by atoms with Crippen LogP contribution in [0.15, 0.2) is 0 Å². The summed E-state index contributed by atoms with van der Waals surface area (Å²) in [5.74, 6) is -1.66. The third-order valence-electron chi connectivity index (χ3n) is 3.12. The fourth-order valence-corrected chi connectivity index (χ4v) is 4.66. The first-order valence-corrected chi connectivity index (χ1v) is 10.4. The molecular formula is C12H20Cl2O4Si. The zero-order valence-electron chi connectivity index (χ0n) is 11.9. The normalized spacial score (nSPS) is 29.8. The van der Waals surface area contributed by atoms with Gasteiger partial charge in [-0.3, -0.25) is 4.79 Å². The minimum absolute atomic E-state index is 0.360. The second-order valence-electron chi connectivity index (χ2n) is 5.72. The van der Waals surface area contributed by atoms with Gasteiger partial charge < -0.3 is 9.16 Å². The van der Waals surface area contributed by atoms with Crippen molar-refractivity contribution in [1.29, 1.82) is 0 Å². The summed E-state index contributed by atoms with van der Waals surface area (Å²) in [5, 5.41) is 0. The lowest BCUT2D eigenvalue weighted by Crippen LogP contribution is -2.77. The van der Waals surface area contributed by atoms with Gasteiger partial charge in [-0.25, -0.2) is 4.79 Å². The van der Waals surface area contributed by atoms with Gasteiger partial charge in [0.2, 0.25) is 9.93 Å². The summed E-state index contributed by atoms with van der Waals surface area (Å²) in [6.07, 6.45) is 1.23. The summed E-state index contributed by atoms with van der Waals surface area (Å²) in [4.78, 5) is 24.3. The van der Waals surface area contributed by atoms with Crippen LogP contribution in [0, 0.1) is 5.92 Å². The highest BCUT2D eigenvalue weighted by molar-refractivity contribution is 6.71. The number of hydrogen-bond acceptors (Lipinski definition) is 4. The number of carbonyl (C=O) groups is 2. The van der Waals surface area contributed by atoms with Gasteiger partial charge in [0, 0.05) is 0 Å². The van der Waals surface area contributed by atoms with Crippen LogP contribution in [0.2, 0.25) is 19.6 Å². The average molecular weight is 327 g/mol. The fourth-order valence-electron chi connectivity index (χ4n) is 2.43. The molecule has 1 aliphatic rings. The van der Waals surface area contributed by atoms with Gasteiger partial charge in [0.05, 0.1) is 13.0 Å². The maximum atomic E-state index is 12.2. The summed E-state index contributed by atoms with van der Waals surface area (Å²) in [5.41, 5.74) is -1.57. The molecule has 0 heterocycles. The summed E-state index contributed by atoms with van der Waals surface area (Å²) in [6.45, 7) is 7.65. The predicted octanol–water partition coefficient (Wildman–Crippen LogP) is 2.92. The van der Waals surface area contributed by atoms with Crippen molar-refractivity contribution in [1.82, 2.24) is 0 Å². The molecule has 2 atom stereocenters. The molecule has 19 heavy (non-hydrogen) atoms. The van der Waals surface area contributed by atoms with E-state index in [1.54, 1.807) is 0 Å². The Labute approximate surface area is 124 Å². The topological polar surface area (TPSA) is 52.6 Å². The van der Waals surface area contributed by atoms with Crippen molar-refractivity contribution in [3.05, 3.63) is 0 Å². The van der Waals surface area contributed by atoms with E-state index < -0.39 is 30.1 Å². The van der Waals surface area contributed by atoms with E-state index in [0.717, 1.165) is 6.42 Å². The number of rotatable bonds is 5. The van der Waals surface area contributed by atoms with Gasteiger partial charge in [-0.15, -0.1) is 0 Å². The molecule has 0 amide bonds. The third-order valence-corrected chi connectivity index (χ3v) is 4.98. The number of alkyl halides is 2. The second kappa shape index (κ2) is 5.35. The number of esters is 1. The molecule has 0 spiro atoms. The summed E-state index contributed by atoms with van der Waals surface area (Å²) in [7, 11) is -0.909. The molecule has 1 aliphatic carbocycles. The highest BCUT2D eigenvalue weighted by Gasteiger charge is 2.77. The second-order valence-corrected chi connectivity index (χ2v) is 11.5. The fraction of sp³-hybridized carbons (Fsp3) is 0.833. The quantitative estimate of drug-likeness (QED) is 0.443. The van der Waals surface area contributed by atoms with Gasteiger partial charge in [-0.05, 0) is 26.1 Å². The van der Waals surface area contributed by atoms with E-state index in [9.17, 15) is 9.59 Å². The van der Waals surface area contributed by atoms with E-state index in [1.807, 2.05) is 26.6 Å². The maximum Gasteiger partial charge on any atom is 0.341 e. The minimum atomic E-state index is -2.15. The van der Waals surface area contributed by atoms with E-state index in [0.29, 0.717) is 6.42 Å². The molecule has 0 aromatic heterocycles. The van der Waals surface area contributed by atoms with Gasteiger partial charge in [-0.2, -0.15) is 0 Å². The van der Waals surface area contributed by atoms with Crippen LogP contribution >= 0.6 is 23.2 Å². The number of ether oxygens (including phenoxy) is 1. The molecule has 0 saturated heterocycles.